The van der Waals surface area contributed by atoms with Gasteiger partial charge in [0.05, 0.1) is 18.3 Å². The number of rotatable bonds is 2. The molecule has 0 aliphatic carbocycles. The number of benzene rings is 1. The second-order valence-corrected chi connectivity index (χ2v) is 4.58. The van der Waals surface area contributed by atoms with E-state index in [9.17, 15) is 4.79 Å². The highest BCUT2D eigenvalue weighted by Crippen LogP contribution is 2.31. The van der Waals surface area contributed by atoms with Crippen LogP contribution in [0.25, 0.3) is 0 Å². The van der Waals surface area contributed by atoms with Gasteiger partial charge in [-0.15, -0.1) is 0 Å². The van der Waals surface area contributed by atoms with Crippen LogP contribution in [0.5, 0.6) is 5.75 Å². The third kappa shape index (κ3) is 2.26. The highest BCUT2D eigenvalue weighted by Gasteiger charge is 2.28. The zero-order valence-electron chi connectivity index (χ0n) is 10.2. The molecule has 1 aromatic rings. The maximum Gasteiger partial charge on any atom is 0.244 e. The van der Waals surface area contributed by atoms with Crippen LogP contribution in [0.1, 0.15) is 13.8 Å². The number of ether oxygens (including phenoxy) is 1. The van der Waals surface area contributed by atoms with Crippen LogP contribution < -0.4 is 15.4 Å². The number of para-hydroxylation sites is 2. The first-order chi connectivity index (χ1) is 8.11. The molecule has 0 radical (unpaired) electrons. The van der Waals surface area contributed by atoms with E-state index in [4.69, 9.17) is 10.5 Å². The summed E-state index contributed by atoms with van der Waals surface area (Å²) in [5.74, 6) is 0.858. The predicted octanol–water partition coefficient (Wildman–Crippen LogP) is 1.40. The van der Waals surface area contributed by atoms with Gasteiger partial charge >= 0.3 is 0 Å². The SMILES string of the molecule is CC(C)C(N)C(=O)N1CCOc2ccccc21. The van der Waals surface area contributed by atoms with Gasteiger partial charge in [0.2, 0.25) is 5.91 Å². The summed E-state index contributed by atoms with van der Waals surface area (Å²) >= 11 is 0. The molecule has 1 atom stereocenters. The molecular weight excluding hydrogens is 216 g/mol. The summed E-state index contributed by atoms with van der Waals surface area (Å²) in [6.45, 7) is 4.99. The lowest BCUT2D eigenvalue weighted by Gasteiger charge is -2.32. The van der Waals surface area contributed by atoms with E-state index in [0.29, 0.717) is 13.2 Å². The molecule has 0 saturated carbocycles. The quantitative estimate of drug-likeness (QED) is 0.841. The first kappa shape index (κ1) is 11.9. The molecule has 92 valence electrons. The van der Waals surface area contributed by atoms with E-state index in [2.05, 4.69) is 0 Å². The van der Waals surface area contributed by atoms with E-state index in [1.54, 1.807) is 4.90 Å². The number of carbonyl (C=O) groups is 1. The van der Waals surface area contributed by atoms with Crippen LogP contribution in [-0.4, -0.2) is 25.1 Å². The topological polar surface area (TPSA) is 55.6 Å². The molecule has 0 bridgehead atoms. The minimum absolute atomic E-state index is 0.0317. The Morgan fingerprint density at radius 1 is 1.41 bits per heavy atom. The molecule has 0 saturated heterocycles. The van der Waals surface area contributed by atoms with Crippen molar-refractivity contribution in [3.05, 3.63) is 24.3 Å². The first-order valence-electron chi connectivity index (χ1n) is 5.90. The van der Waals surface area contributed by atoms with Gasteiger partial charge in [-0.1, -0.05) is 26.0 Å². The fraction of sp³-hybridized carbons (Fsp3) is 0.462. The standard InChI is InChI=1S/C13H18N2O2/c1-9(2)12(14)13(16)15-7-8-17-11-6-4-3-5-10(11)15/h3-6,9,12H,7-8,14H2,1-2H3. The normalized spacial score (nSPS) is 16.4. The van der Waals surface area contributed by atoms with Crippen molar-refractivity contribution >= 4 is 11.6 Å². The highest BCUT2D eigenvalue weighted by molar-refractivity contribution is 5.98. The maximum atomic E-state index is 12.2. The molecule has 4 heteroatoms. The van der Waals surface area contributed by atoms with Gasteiger partial charge in [-0.3, -0.25) is 4.79 Å². The van der Waals surface area contributed by atoms with Crippen molar-refractivity contribution in [1.29, 1.82) is 0 Å². The van der Waals surface area contributed by atoms with Crippen LogP contribution in [0.2, 0.25) is 0 Å². The summed E-state index contributed by atoms with van der Waals surface area (Å²) < 4.78 is 5.51. The number of amides is 1. The third-order valence-corrected chi connectivity index (χ3v) is 3.00. The van der Waals surface area contributed by atoms with Crippen molar-refractivity contribution in [2.24, 2.45) is 11.7 Å². The Morgan fingerprint density at radius 2 is 2.12 bits per heavy atom. The smallest absolute Gasteiger partial charge is 0.244 e. The van der Waals surface area contributed by atoms with Crippen molar-refractivity contribution in [2.45, 2.75) is 19.9 Å². The predicted molar refractivity (Wildman–Crippen MR) is 67.1 cm³/mol. The molecule has 1 heterocycles. The molecule has 2 N–H and O–H groups in total. The van der Waals surface area contributed by atoms with Crippen molar-refractivity contribution in [1.82, 2.24) is 0 Å². The largest absolute Gasteiger partial charge is 0.490 e. The van der Waals surface area contributed by atoms with Crippen LogP contribution in [0.4, 0.5) is 5.69 Å². The Balaban J connectivity index is 2.27. The number of hydrogen-bond acceptors (Lipinski definition) is 3. The number of fused-ring (bicyclic) bond motifs is 1. The van der Waals surface area contributed by atoms with E-state index < -0.39 is 6.04 Å². The minimum atomic E-state index is -0.457. The van der Waals surface area contributed by atoms with E-state index >= 15 is 0 Å². The average Bonchev–Trinajstić information content (AvgIpc) is 2.36. The minimum Gasteiger partial charge on any atom is -0.490 e. The van der Waals surface area contributed by atoms with Crippen molar-refractivity contribution < 1.29 is 9.53 Å². The van der Waals surface area contributed by atoms with Gasteiger partial charge in [-0.05, 0) is 18.1 Å². The van der Waals surface area contributed by atoms with Gasteiger partial charge in [0, 0.05) is 0 Å². The lowest BCUT2D eigenvalue weighted by molar-refractivity contribution is -0.120. The maximum absolute atomic E-state index is 12.2. The third-order valence-electron chi connectivity index (χ3n) is 3.00. The van der Waals surface area contributed by atoms with Gasteiger partial charge < -0.3 is 15.4 Å². The van der Waals surface area contributed by atoms with Crippen molar-refractivity contribution in [3.8, 4) is 5.75 Å². The molecule has 1 unspecified atom stereocenters. The Morgan fingerprint density at radius 3 is 2.82 bits per heavy atom. The van der Waals surface area contributed by atoms with Crippen molar-refractivity contribution in [3.63, 3.8) is 0 Å². The summed E-state index contributed by atoms with van der Waals surface area (Å²) in [5.41, 5.74) is 6.74. The molecular formula is C13H18N2O2. The molecule has 4 nitrogen and oxygen atoms in total. The van der Waals surface area contributed by atoms with Crippen LogP contribution in [0.3, 0.4) is 0 Å². The number of carbonyl (C=O) groups excluding carboxylic acids is 1. The Labute approximate surface area is 101 Å². The van der Waals surface area contributed by atoms with Gasteiger partial charge in [-0.25, -0.2) is 0 Å². The number of anilines is 1. The van der Waals surface area contributed by atoms with Gasteiger partial charge in [0.25, 0.3) is 0 Å². The second kappa shape index (κ2) is 4.75. The first-order valence-corrected chi connectivity index (χ1v) is 5.90. The van der Waals surface area contributed by atoms with Crippen LogP contribution in [-0.2, 0) is 4.79 Å². The molecule has 0 aromatic heterocycles. The molecule has 2 rings (SSSR count). The van der Waals surface area contributed by atoms with Gasteiger partial charge in [0.15, 0.2) is 0 Å². The van der Waals surface area contributed by atoms with E-state index in [1.807, 2.05) is 38.1 Å². The highest BCUT2D eigenvalue weighted by atomic mass is 16.5. The summed E-state index contributed by atoms with van der Waals surface area (Å²) in [6.07, 6.45) is 0. The molecule has 1 amide bonds. The zero-order chi connectivity index (χ0) is 12.4. The lowest BCUT2D eigenvalue weighted by Crippen LogP contribution is -2.49. The molecule has 1 aliphatic heterocycles. The average molecular weight is 234 g/mol. The number of nitrogens with two attached hydrogens (primary N) is 1. The summed E-state index contributed by atoms with van der Waals surface area (Å²) in [6, 6.07) is 7.10. The molecule has 0 fully saturated rings. The fourth-order valence-corrected chi connectivity index (χ4v) is 1.86. The summed E-state index contributed by atoms with van der Waals surface area (Å²) in [5, 5.41) is 0. The second-order valence-electron chi connectivity index (χ2n) is 4.58. The van der Waals surface area contributed by atoms with E-state index in [0.717, 1.165) is 11.4 Å². The Bertz CT molecular complexity index is 418. The molecule has 1 aliphatic rings. The summed E-state index contributed by atoms with van der Waals surface area (Å²) in [4.78, 5) is 14.0. The molecule has 17 heavy (non-hydrogen) atoms. The van der Waals surface area contributed by atoms with Crippen LogP contribution in [0, 0.1) is 5.92 Å². The zero-order valence-corrected chi connectivity index (χ0v) is 10.2. The van der Waals surface area contributed by atoms with E-state index in [1.165, 1.54) is 0 Å². The number of nitrogens with zero attached hydrogens (tertiary/aromatic N) is 1. The summed E-state index contributed by atoms with van der Waals surface area (Å²) in [7, 11) is 0. The Kier molecular flexibility index (Phi) is 3.33. The fourth-order valence-electron chi connectivity index (χ4n) is 1.86. The molecule has 1 aromatic carbocycles. The lowest BCUT2D eigenvalue weighted by atomic mass is 10.0. The van der Waals surface area contributed by atoms with E-state index in [-0.39, 0.29) is 11.8 Å². The van der Waals surface area contributed by atoms with Crippen LogP contribution in [0.15, 0.2) is 24.3 Å². The van der Waals surface area contributed by atoms with Gasteiger partial charge in [-0.2, -0.15) is 0 Å². The van der Waals surface area contributed by atoms with Crippen molar-refractivity contribution in [2.75, 3.05) is 18.1 Å². The Hall–Kier alpha value is -1.55. The number of hydrogen-bond donors (Lipinski definition) is 1. The molecule has 0 spiro atoms. The van der Waals surface area contributed by atoms with Gasteiger partial charge in [0.1, 0.15) is 12.4 Å². The monoisotopic (exact) mass is 234 g/mol. The van der Waals surface area contributed by atoms with Crippen LogP contribution >= 0.6 is 0 Å².